The van der Waals surface area contributed by atoms with E-state index in [2.05, 4.69) is 15.3 Å². The molecule has 0 fully saturated rings. The average molecular weight is 306 g/mol. The number of phenolic OH excluding ortho intramolecular Hbond substituents is 1. The van der Waals surface area contributed by atoms with E-state index >= 15 is 0 Å². The third-order valence-electron chi connectivity index (χ3n) is 2.82. The lowest BCUT2D eigenvalue weighted by molar-refractivity contribution is 0.318. The fourth-order valence-electron chi connectivity index (χ4n) is 1.79. The van der Waals surface area contributed by atoms with Crippen molar-refractivity contribution in [3.63, 3.8) is 0 Å². The zero-order valence-electron chi connectivity index (χ0n) is 12.3. The molecule has 1 aromatic carbocycles. The van der Waals surface area contributed by atoms with Gasteiger partial charge in [0.2, 0.25) is 5.16 Å². The summed E-state index contributed by atoms with van der Waals surface area (Å²) in [5.74, 6) is 1.31. The second-order valence-electron chi connectivity index (χ2n) is 4.14. The van der Waals surface area contributed by atoms with Gasteiger partial charge in [0, 0.05) is 12.0 Å². The Balaban J connectivity index is 2.33. The van der Waals surface area contributed by atoms with Gasteiger partial charge in [0.25, 0.3) is 0 Å². The zero-order valence-corrected chi connectivity index (χ0v) is 13.1. The van der Waals surface area contributed by atoms with Gasteiger partial charge < -0.3 is 9.84 Å². The fourth-order valence-corrected chi connectivity index (χ4v) is 2.24. The van der Waals surface area contributed by atoms with Crippen molar-refractivity contribution in [1.29, 1.82) is 0 Å². The van der Waals surface area contributed by atoms with E-state index in [1.54, 1.807) is 23.0 Å². The third-order valence-corrected chi connectivity index (χ3v) is 3.44. The van der Waals surface area contributed by atoms with Gasteiger partial charge in [0.15, 0.2) is 17.3 Å². The maximum Gasteiger partial charge on any atom is 0.211 e. The minimum atomic E-state index is 0.0833. The molecule has 0 radical (unpaired) electrons. The molecule has 2 rings (SSSR count). The molecular weight excluding hydrogens is 288 g/mol. The molecule has 0 saturated carbocycles. The average Bonchev–Trinajstić information content (AvgIpc) is 2.90. The van der Waals surface area contributed by atoms with Gasteiger partial charge in [-0.15, -0.1) is 10.2 Å². The van der Waals surface area contributed by atoms with E-state index in [0.717, 1.165) is 12.2 Å². The summed E-state index contributed by atoms with van der Waals surface area (Å²) in [6.45, 7) is 4.36. The van der Waals surface area contributed by atoms with Crippen LogP contribution in [0, 0.1) is 0 Å². The Kier molecular flexibility index (Phi) is 5.21. The first-order valence-electron chi connectivity index (χ1n) is 6.68. The quantitative estimate of drug-likeness (QED) is 0.656. The monoisotopic (exact) mass is 306 g/mol. The number of para-hydroxylation sites is 1. The van der Waals surface area contributed by atoms with Crippen molar-refractivity contribution in [2.24, 2.45) is 5.10 Å². The van der Waals surface area contributed by atoms with Gasteiger partial charge in [0.1, 0.15) is 0 Å². The van der Waals surface area contributed by atoms with Crippen molar-refractivity contribution >= 4 is 18.0 Å². The Morgan fingerprint density at radius 3 is 2.86 bits per heavy atom. The lowest BCUT2D eigenvalue weighted by Crippen LogP contribution is -1.99. The molecule has 1 heterocycles. The maximum atomic E-state index is 10.1. The van der Waals surface area contributed by atoms with Crippen molar-refractivity contribution < 1.29 is 9.84 Å². The second kappa shape index (κ2) is 7.12. The normalized spacial score (nSPS) is 11.2. The number of nitrogens with zero attached hydrogens (tertiary/aromatic N) is 4. The number of rotatable bonds is 6. The largest absolute Gasteiger partial charge is 0.504 e. The van der Waals surface area contributed by atoms with Crippen LogP contribution in [0.25, 0.3) is 0 Å². The lowest BCUT2D eigenvalue weighted by Gasteiger charge is -2.07. The molecular formula is C14H18N4O2S. The van der Waals surface area contributed by atoms with E-state index in [0.29, 0.717) is 23.1 Å². The number of phenols is 1. The Morgan fingerprint density at radius 1 is 1.38 bits per heavy atom. The van der Waals surface area contributed by atoms with E-state index in [4.69, 9.17) is 4.74 Å². The highest BCUT2D eigenvalue weighted by molar-refractivity contribution is 7.98. The van der Waals surface area contributed by atoms with E-state index in [1.165, 1.54) is 11.8 Å². The van der Waals surface area contributed by atoms with Crippen LogP contribution >= 0.6 is 11.8 Å². The van der Waals surface area contributed by atoms with Crippen molar-refractivity contribution in [2.75, 3.05) is 12.9 Å². The van der Waals surface area contributed by atoms with Crippen LogP contribution in [0.1, 0.15) is 25.2 Å². The van der Waals surface area contributed by atoms with Crippen LogP contribution in [0.15, 0.2) is 28.5 Å². The fraction of sp³-hybridized carbons (Fsp3) is 0.357. The first-order chi connectivity index (χ1) is 10.2. The summed E-state index contributed by atoms with van der Waals surface area (Å²) >= 11 is 1.47. The Bertz CT molecular complexity index is 618. The number of ether oxygens (including phenoxy) is 1. The molecule has 112 valence electrons. The molecule has 0 bridgehead atoms. The number of hydrogen-bond acceptors (Lipinski definition) is 6. The molecule has 0 aliphatic carbocycles. The Labute approximate surface area is 127 Å². The summed E-state index contributed by atoms with van der Waals surface area (Å²) in [6.07, 6.45) is 4.23. The number of benzene rings is 1. The van der Waals surface area contributed by atoms with Gasteiger partial charge in [-0.3, -0.25) is 0 Å². The summed E-state index contributed by atoms with van der Waals surface area (Å²) in [7, 11) is 0. The van der Waals surface area contributed by atoms with Gasteiger partial charge >= 0.3 is 0 Å². The maximum absolute atomic E-state index is 10.1. The van der Waals surface area contributed by atoms with E-state index < -0.39 is 0 Å². The zero-order chi connectivity index (χ0) is 15.2. The standard InChI is InChI=1S/C14H18N4O2S/c1-4-12-16-17-14(21-3)18(12)15-9-10-7-6-8-11(13(10)19)20-5-2/h6-9,19H,4-5H2,1-3H3/b15-9-. The SMILES string of the molecule is CCOc1cccc(/C=N\n2c(CC)nnc2SC)c1O. The number of thioether (sulfide) groups is 1. The van der Waals surface area contributed by atoms with E-state index in [-0.39, 0.29) is 5.75 Å². The van der Waals surface area contributed by atoms with Gasteiger partial charge in [-0.25, -0.2) is 0 Å². The smallest absolute Gasteiger partial charge is 0.211 e. The van der Waals surface area contributed by atoms with Gasteiger partial charge in [-0.2, -0.15) is 9.78 Å². The summed E-state index contributed by atoms with van der Waals surface area (Å²) in [5, 5.41) is 23.4. The molecule has 0 saturated heterocycles. The summed E-state index contributed by atoms with van der Waals surface area (Å²) < 4.78 is 7.03. The van der Waals surface area contributed by atoms with Crippen LogP contribution in [-0.2, 0) is 6.42 Å². The van der Waals surface area contributed by atoms with E-state index in [9.17, 15) is 5.11 Å². The highest BCUT2D eigenvalue weighted by atomic mass is 32.2. The lowest BCUT2D eigenvalue weighted by atomic mass is 10.2. The molecule has 0 aliphatic rings. The van der Waals surface area contributed by atoms with Crippen LogP contribution in [-0.4, -0.2) is 39.1 Å². The first-order valence-corrected chi connectivity index (χ1v) is 7.91. The van der Waals surface area contributed by atoms with Gasteiger partial charge in [0.05, 0.1) is 12.8 Å². The molecule has 21 heavy (non-hydrogen) atoms. The molecule has 7 heteroatoms. The first kappa shape index (κ1) is 15.4. The highest BCUT2D eigenvalue weighted by Crippen LogP contribution is 2.28. The van der Waals surface area contributed by atoms with Crippen LogP contribution in [0.2, 0.25) is 0 Å². The van der Waals surface area contributed by atoms with Gasteiger partial charge in [-0.1, -0.05) is 24.8 Å². The highest BCUT2D eigenvalue weighted by Gasteiger charge is 2.09. The van der Waals surface area contributed by atoms with E-state index in [1.807, 2.05) is 26.2 Å². The Morgan fingerprint density at radius 2 is 2.19 bits per heavy atom. The van der Waals surface area contributed by atoms with Crippen LogP contribution in [0.5, 0.6) is 11.5 Å². The minimum Gasteiger partial charge on any atom is -0.504 e. The predicted octanol–water partition coefficient (Wildman–Crippen LogP) is 2.55. The minimum absolute atomic E-state index is 0.0833. The molecule has 2 aromatic rings. The summed E-state index contributed by atoms with van der Waals surface area (Å²) in [4.78, 5) is 0. The number of aromatic nitrogens is 3. The van der Waals surface area contributed by atoms with Gasteiger partial charge in [-0.05, 0) is 25.3 Å². The topological polar surface area (TPSA) is 72.5 Å². The molecule has 0 aliphatic heterocycles. The number of aryl methyl sites for hydroxylation is 1. The predicted molar refractivity (Wildman–Crippen MR) is 83.4 cm³/mol. The summed E-state index contributed by atoms with van der Waals surface area (Å²) in [6, 6.07) is 5.31. The van der Waals surface area contributed by atoms with Crippen molar-refractivity contribution in [1.82, 2.24) is 14.9 Å². The molecule has 0 atom stereocenters. The molecule has 1 aromatic heterocycles. The molecule has 0 unspecified atom stereocenters. The Hall–Kier alpha value is -2.02. The third kappa shape index (κ3) is 3.36. The number of hydrogen-bond donors (Lipinski definition) is 1. The van der Waals surface area contributed by atoms with Crippen molar-refractivity contribution in [3.8, 4) is 11.5 Å². The van der Waals surface area contributed by atoms with Crippen LogP contribution < -0.4 is 4.74 Å². The molecule has 0 spiro atoms. The van der Waals surface area contributed by atoms with Crippen molar-refractivity contribution in [3.05, 3.63) is 29.6 Å². The molecule has 0 amide bonds. The van der Waals surface area contributed by atoms with Crippen LogP contribution in [0.3, 0.4) is 0 Å². The second-order valence-corrected chi connectivity index (χ2v) is 4.91. The summed E-state index contributed by atoms with van der Waals surface area (Å²) in [5.41, 5.74) is 0.587. The van der Waals surface area contributed by atoms with Crippen molar-refractivity contribution in [2.45, 2.75) is 25.4 Å². The molecule has 6 nitrogen and oxygen atoms in total. The molecule has 1 N–H and O–H groups in total. The van der Waals surface area contributed by atoms with Crippen LogP contribution in [0.4, 0.5) is 0 Å². The number of aromatic hydroxyl groups is 1.